The molecule has 0 aliphatic rings. The lowest BCUT2D eigenvalue weighted by molar-refractivity contribution is -0.151. The van der Waals surface area contributed by atoms with Crippen LogP contribution in [-0.2, 0) is 28.6 Å². The number of carbonyl (C=O) groups is 3. The van der Waals surface area contributed by atoms with Gasteiger partial charge in [0.25, 0.3) is 0 Å². The molecule has 0 heterocycles. The summed E-state index contributed by atoms with van der Waals surface area (Å²) >= 11 is 0. The molecule has 0 rings (SSSR count). The Morgan fingerprint density at radius 3 is 1.17 bits per heavy atom. The van der Waals surface area contributed by atoms with E-state index in [0.717, 1.165) is 70.6 Å². The molecular weight excluding hydrogens is 677 g/mol. The number of aliphatic hydroxyl groups excluding tert-OH is 1. The fourth-order valence-corrected chi connectivity index (χ4v) is 6.76. The number of ether oxygens (including phenoxy) is 3. The lowest BCUT2D eigenvalue weighted by Crippen LogP contribution is -2.23. The average Bonchev–Trinajstić information content (AvgIpc) is 3.17. The fourth-order valence-electron chi connectivity index (χ4n) is 6.76. The van der Waals surface area contributed by atoms with Gasteiger partial charge in [-0.2, -0.15) is 0 Å². The van der Waals surface area contributed by atoms with E-state index in [1.807, 2.05) is 0 Å². The first-order chi connectivity index (χ1) is 26.5. The van der Waals surface area contributed by atoms with Gasteiger partial charge in [-0.05, 0) is 70.6 Å². The van der Waals surface area contributed by atoms with Gasteiger partial charge < -0.3 is 19.3 Å². The van der Waals surface area contributed by atoms with Gasteiger partial charge in [-0.15, -0.1) is 0 Å². The molecule has 0 saturated heterocycles. The molecule has 0 amide bonds. The average molecular weight is 765 g/mol. The Labute approximate surface area is 333 Å². The maximum atomic E-state index is 12.6. The van der Waals surface area contributed by atoms with Gasteiger partial charge in [0.15, 0.2) is 0 Å². The quantitative estimate of drug-likeness (QED) is 0.0286. The Morgan fingerprint density at radius 1 is 0.444 bits per heavy atom. The van der Waals surface area contributed by atoms with Gasteiger partial charge in [0.1, 0.15) is 6.10 Å². The number of rotatable bonds is 42. The minimum atomic E-state index is -0.413. The Balaban J connectivity index is 3.94. The highest BCUT2D eigenvalue weighted by Gasteiger charge is 2.16. The molecule has 7 heteroatoms. The maximum Gasteiger partial charge on any atom is 0.306 e. The molecule has 318 valence electrons. The zero-order valence-corrected chi connectivity index (χ0v) is 35.9. The Morgan fingerprint density at radius 2 is 0.778 bits per heavy atom. The van der Waals surface area contributed by atoms with Crippen LogP contribution in [0, 0.1) is 5.92 Å². The van der Waals surface area contributed by atoms with Crippen molar-refractivity contribution in [3.8, 4) is 0 Å². The topological polar surface area (TPSA) is 99.1 Å². The van der Waals surface area contributed by atoms with E-state index >= 15 is 0 Å². The summed E-state index contributed by atoms with van der Waals surface area (Å²) < 4.78 is 16.7. The predicted molar refractivity (Wildman–Crippen MR) is 226 cm³/mol. The number of allylic oxidation sites excluding steroid dienone is 2. The summed E-state index contributed by atoms with van der Waals surface area (Å²) in [5, 5.41) is 9.68. The van der Waals surface area contributed by atoms with Crippen molar-refractivity contribution in [1.29, 1.82) is 0 Å². The fraction of sp³-hybridized carbons (Fsp3) is 0.894. The van der Waals surface area contributed by atoms with Crippen molar-refractivity contribution in [1.82, 2.24) is 0 Å². The molecule has 0 aromatic heterocycles. The van der Waals surface area contributed by atoms with Crippen molar-refractivity contribution in [3.63, 3.8) is 0 Å². The van der Waals surface area contributed by atoms with Crippen LogP contribution in [0.15, 0.2) is 12.2 Å². The maximum absolute atomic E-state index is 12.6. The summed E-state index contributed by atoms with van der Waals surface area (Å²) in [5.74, 6) is -1.06. The van der Waals surface area contributed by atoms with Crippen molar-refractivity contribution in [2.45, 2.75) is 245 Å². The summed E-state index contributed by atoms with van der Waals surface area (Å²) in [6.07, 6.45) is 41.7. The van der Waals surface area contributed by atoms with E-state index in [-0.39, 0.29) is 43.8 Å². The van der Waals surface area contributed by atoms with Crippen LogP contribution in [0.25, 0.3) is 0 Å². The van der Waals surface area contributed by atoms with E-state index in [1.165, 1.54) is 122 Å². The minimum absolute atomic E-state index is 0.0422. The summed E-state index contributed by atoms with van der Waals surface area (Å²) in [5.41, 5.74) is 0. The first-order valence-electron chi connectivity index (χ1n) is 23.2. The van der Waals surface area contributed by atoms with Gasteiger partial charge in [0.2, 0.25) is 0 Å². The molecule has 0 fully saturated rings. The molecule has 1 unspecified atom stereocenters. The molecule has 0 bridgehead atoms. The summed E-state index contributed by atoms with van der Waals surface area (Å²) in [6, 6.07) is 0. The van der Waals surface area contributed by atoms with Crippen LogP contribution in [0.1, 0.15) is 239 Å². The van der Waals surface area contributed by atoms with Crippen LogP contribution < -0.4 is 0 Å². The molecule has 7 nitrogen and oxygen atoms in total. The van der Waals surface area contributed by atoms with Gasteiger partial charge >= 0.3 is 17.9 Å². The number of unbranched alkanes of at least 4 members (excludes halogenated alkanes) is 24. The standard InChI is InChI=1S/C47H88O7/c1-4-7-10-13-16-17-18-19-20-21-22-23-24-27-32-37-45(49)52-41-43(40-48)42-53-46(50)38-33-28-29-34-39-47(51)54-44(35-30-25-14-11-8-5-2)36-31-26-15-12-9-6-3/h19-20,43-44,48H,4-18,21-42H2,1-3H3/b20-19-. The Kier molecular flexibility index (Phi) is 40.8. The van der Waals surface area contributed by atoms with Crippen LogP contribution in [0.5, 0.6) is 0 Å². The van der Waals surface area contributed by atoms with E-state index in [9.17, 15) is 19.5 Å². The van der Waals surface area contributed by atoms with E-state index in [2.05, 4.69) is 32.9 Å². The lowest BCUT2D eigenvalue weighted by Gasteiger charge is -2.18. The van der Waals surface area contributed by atoms with Gasteiger partial charge in [-0.1, -0.05) is 161 Å². The van der Waals surface area contributed by atoms with Crippen molar-refractivity contribution in [3.05, 3.63) is 12.2 Å². The van der Waals surface area contributed by atoms with E-state index in [0.29, 0.717) is 25.7 Å². The third-order valence-electron chi connectivity index (χ3n) is 10.4. The molecule has 1 N–H and O–H groups in total. The molecule has 0 aromatic rings. The molecule has 54 heavy (non-hydrogen) atoms. The van der Waals surface area contributed by atoms with Crippen LogP contribution in [0.2, 0.25) is 0 Å². The van der Waals surface area contributed by atoms with Crippen molar-refractivity contribution < 1.29 is 33.7 Å². The van der Waals surface area contributed by atoms with Crippen molar-refractivity contribution in [2.24, 2.45) is 5.92 Å². The number of hydrogen-bond acceptors (Lipinski definition) is 7. The summed E-state index contributed by atoms with van der Waals surface area (Å²) in [7, 11) is 0. The van der Waals surface area contributed by atoms with Gasteiger partial charge in [-0.25, -0.2) is 0 Å². The van der Waals surface area contributed by atoms with Gasteiger partial charge in [0, 0.05) is 19.3 Å². The first-order valence-corrected chi connectivity index (χ1v) is 23.2. The summed E-state index contributed by atoms with van der Waals surface area (Å²) in [6.45, 7) is 6.63. The Bertz CT molecular complexity index is 841. The highest BCUT2D eigenvalue weighted by atomic mass is 16.6. The largest absolute Gasteiger partial charge is 0.465 e. The number of hydrogen-bond donors (Lipinski definition) is 1. The van der Waals surface area contributed by atoms with Gasteiger partial charge in [-0.3, -0.25) is 14.4 Å². The summed E-state index contributed by atoms with van der Waals surface area (Å²) in [4.78, 5) is 37.1. The van der Waals surface area contributed by atoms with Crippen molar-refractivity contribution in [2.75, 3.05) is 19.8 Å². The van der Waals surface area contributed by atoms with Crippen LogP contribution in [0.3, 0.4) is 0 Å². The molecule has 0 saturated carbocycles. The predicted octanol–water partition coefficient (Wildman–Crippen LogP) is 13.5. The second kappa shape index (κ2) is 42.3. The third-order valence-corrected chi connectivity index (χ3v) is 10.4. The molecule has 0 aliphatic carbocycles. The third kappa shape index (κ3) is 38.4. The molecule has 0 aromatic carbocycles. The SMILES string of the molecule is CCCCCCCC/C=C\CCCCCCCC(=O)OCC(CO)COC(=O)CCCCCCC(=O)OC(CCCCCCCC)CCCCCCCC. The number of esters is 3. The lowest BCUT2D eigenvalue weighted by atomic mass is 10.0. The highest BCUT2D eigenvalue weighted by molar-refractivity contribution is 5.70. The van der Waals surface area contributed by atoms with E-state index < -0.39 is 5.92 Å². The molecule has 0 aliphatic heterocycles. The molecular formula is C47H88O7. The zero-order chi connectivity index (χ0) is 39.6. The van der Waals surface area contributed by atoms with Crippen LogP contribution in [0.4, 0.5) is 0 Å². The normalized spacial score (nSPS) is 12.1. The second-order valence-electron chi connectivity index (χ2n) is 15.9. The van der Waals surface area contributed by atoms with E-state index in [4.69, 9.17) is 14.2 Å². The second-order valence-corrected chi connectivity index (χ2v) is 15.9. The number of aliphatic hydroxyl groups is 1. The molecule has 1 atom stereocenters. The Hall–Kier alpha value is -1.89. The van der Waals surface area contributed by atoms with Crippen molar-refractivity contribution >= 4 is 17.9 Å². The monoisotopic (exact) mass is 765 g/mol. The van der Waals surface area contributed by atoms with Crippen LogP contribution in [-0.4, -0.2) is 48.9 Å². The van der Waals surface area contributed by atoms with Crippen LogP contribution >= 0.6 is 0 Å². The van der Waals surface area contributed by atoms with Gasteiger partial charge in [0.05, 0.1) is 25.7 Å². The minimum Gasteiger partial charge on any atom is -0.465 e. The number of carbonyl (C=O) groups excluding carboxylic acids is 3. The smallest absolute Gasteiger partial charge is 0.306 e. The zero-order valence-electron chi connectivity index (χ0n) is 35.9. The molecule has 0 spiro atoms. The highest BCUT2D eigenvalue weighted by Crippen LogP contribution is 2.19. The molecule has 0 radical (unpaired) electrons. The first kappa shape index (κ1) is 52.1. The van der Waals surface area contributed by atoms with E-state index in [1.54, 1.807) is 0 Å².